The molecule has 1 aliphatic carbocycles. The fourth-order valence-corrected chi connectivity index (χ4v) is 4.16. The summed E-state index contributed by atoms with van der Waals surface area (Å²) in [4.78, 5) is 22.6. The number of carbonyl (C=O) groups is 1. The van der Waals surface area contributed by atoms with Gasteiger partial charge in [0.05, 0.1) is 17.0 Å². The zero-order chi connectivity index (χ0) is 20.0. The van der Waals surface area contributed by atoms with Crippen molar-refractivity contribution in [2.45, 2.75) is 33.1 Å². The first-order valence-electron chi connectivity index (χ1n) is 9.91. The van der Waals surface area contributed by atoms with Crippen LogP contribution in [0.25, 0.3) is 17.2 Å². The van der Waals surface area contributed by atoms with Crippen LogP contribution in [0.1, 0.15) is 47.6 Å². The molecule has 0 saturated carbocycles. The van der Waals surface area contributed by atoms with Gasteiger partial charge >= 0.3 is 0 Å². The minimum Gasteiger partial charge on any atom is -0.294 e. The van der Waals surface area contributed by atoms with Crippen molar-refractivity contribution in [3.63, 3.8) is 0 Å². The fraction of sp³-hybridized carbons (Fsp3) is 0.250. The molecule has 0 fully saturated rings. The van der Waals surface area contributed by atoms with Gasteiger partial charge in [-0.3, -0.25) is 4.79 Å². The molecule has 144 valence electrons. The summed E-state index contributed by atoms with van der Waals surface area (Å²) < 4.78 is 1.78. The standard InChI is InChI=1S/C24H22N4O/c1-24(2)14-19-21(20(29)15-24)18(13-16-9-5-3-6-10-16)25-23-26-22(27-28(19)23)17-11-7-4-8-12-17/h3-12H,13-15H2,1-2H3. The number of benzene rings is 2. The molecule has 5 rings (SSSR count). The van der Waals surface area contributed by atoms with E-state index in [-0.39, 0.29) is 11.2 Å². The van der Waals surface area contributed by atoms with E-state index in [1.165, 1.54) is 0 Å². The van der Waals surface area contributed by atoms with Crippen LogP contribution in [0.15, 0.2) is 60.7 Å². The third-order valence-electron chi connectivity index (χ3n) is 5.47. The van der Waals surface area contributed by atoms with Gasteiger partial charge in [-0.2, -0.15) is 9.50 Å². The summed E-state index contributed by atoms with van der Waals surface area (Å²) in [5, 5.41) is 4.74. The zero-order valence-corrected chi connectivity index (χ0v) is 16.6. The molecule has 0 N–H and O–H groups in total. The van der Waals surface area contributed by atoms with Gasteiger partial charge in [-0.05, 0) is 17.4 Å². The Bertz CT molecular complexity index is 1210. The molecule has 0 spiro atoms. The quantitative estimate of drug-likeness (QED) is 0.522. The molecule has 0 radical (unpaired) electrons. The van der Waals surface area contributed by atoms with Gasteiger partial charge in [0.1, 0.15) is 0 Å². The number of hydrogen-bond acceptors (Lipinski definition) is 4. The van der Waals surface area contributed by atoms with Crippen molar-refractivity contribution in [2.75, 3.05) is 0 Å². The predicted octanol–water partition coefficient (Wildman–Crippen LogP) is 4.54. The van der Waals surface area contributed by atoms with E-state index < -0.39 is 0 Å². The molecule has 5 heteroatoms. The second-order valence-electron chi connectivity index (χ2n) is 8.50. The third-order valence-corrected chi connectivity index (χ3v) is 5.47. The van der Waals surface area contributed by atoms with E-state index in [0.29, 0.717) is 24.4 Å². The number of fused-ring (bicyclic) bond motifs is 3. The molecule has 2 aromatic heterocycles. The highest BCUT2D eigenvalue weighted by molar-refractivity contribution is 6.00. The summed E-state index contributed by atoms with van der Waals surface area (Å²) in [6.07, 6.45) is 1.90. The zero-order valence-electron chi connectivity index (χ0n) is 16.6. The summed E-state index contributed by atoms with van der Waals surface area (Å²) in [5.74, 6) is 1.33. The number of nitrogens with zero attached hydrogens (tertiary/aromatic N) is 4. The average molecular weight is 382 g/mol. The van der Waals surface area contributed by atoms with Gasteiger partial charge in [0.2, 0.25) is 0 Å². The van der Waals surface area contributed by atoms with Crippen LogP contribution in [-0.4, -0.2) is 25.4 Å². The molecule has 1 aliphatic rings. The SMILES string of the molecule is CC1(C)CC(=O)c2c(Cc3ccccc3)nc3nc(-c4ccccc4)nn3c2C1. The fourth-order valence-electron chi connectivity index (χ4n) is 4.16. The largest absolute Gasteiger partial charge is 0.294 e. The first kappa shape index (κ1) is 17.7. The predicted molar refractivity (Wildman–Crippen MR) is 112 cm³/mol. The van der Waals surface area contributed by atoms with Crippen LogP contribution in [-0.2, 0) is 12.8 Å². The molecule has 0 bridgehead atoms. The minimum atomic E-state index is -0.110. The lowest BCUT2D eigenvalue weighted by Crippen LogP contribution is -2.31. The topological polar surface area (TPSA) is 60.2 Å². The maximum Gasteiger partial charge on any atom is 0.253 e. The van der Waals surface area contributed by atoms with E-state index in [1.807, 2.05) is 48.5 Å². The van der Waals surface area contributed by atoms with Crippen molar-refractivity contribution >= 4 is 11.6 Å². The minimum absolute atomic E-state index is 0.110. The monoisotopic (exact) mass is 382 g/mol. The number of Topliss-reactive ketones (excluding diaryl/α,β-unsaturated/α-hetero) is 1. The van der Waals surface area contributed by atoms with Crippen LogP contribution in [0.5, 0.6) is 0 Å². The molecule has 0 amide bonds. The van der Waals surface area contributed by atoms with E-state index in [2.05, 4.69) is 26.0 Å². The van der Waals surface area contributed by atoms with Crippen LogP contribution < -0.4 is 0 Å². The lowest BCUT2D eigenvalue weighted by Gasteiger charge is -2.31. The van der Waals surface area contributed by atoms with Gasteiger partial charge in [-0.1, -0.05) is 74.5 Å². The Morgan fingerprint density at radius 2 is 1.62 bits per heavy atom. The smallest absolute Gasteiger partial charge is 0.253 e. The Kier molecular flexibility index (Phi) is 4.05. The Morgan fingerprint density at radius 3 is 2.34 bits per heavy atom. The molecule has 2 aromatic carbocycles. The van der Waals surface area contributed by atoms with Crippen molar-refractivity contribution in [1.29, 1.82) is 0 Å². The van der Waals surface area contributed by atoms with Crippen molar-refractivity contribution < 1.29 is 4.79 Å². The van der Waals surface area contributed by atoms with Crippen LogP contribution in [0.3, 0.4) is 0 Å². The summed E-state index contributed by atoms with van der Waals surface area (Å²) in [6.45, 7) is 4.26. The maximum atomic E-state index is 13.1. The van der Waals surface area contributed by atoms with Crippen LogP contribution >= 0.6 is 0 Å². The van der Waals surface area contributed by atoms with E-state index in [4.69, 9.17) is 15.1 Å². The Balaban J connectivity index is 1.73. The molecule has 4 aromatic rings. The molecular weight excluding hydrogens is 360 g/mol. The third kappa shape index (κ3) is 3.23. The Morgan fingerprint density at radius 1 is 0.931 bits per heavy atom. The number of ketones is 1. The number of carbonyl (C=O) groups excluding carboxylic acids is 1. The lowest BCUT2D eigenvalue weighted by molar-refractivity contribution is 0.0907. The molecule has 5 nitrogen and oxygen atoms in total. The van der Waals surface area contributed by atoms with Crippen LogP contribution in [0.2, 0.25) is 0 Å². The van der Waals surface area contributed by atoms with Crippen LogP contribution in [0.4, 0.5) is 0 Å². The van der Waals surface area contributed by atoms with Crippen molar-refractivity contribution in [3.05, 3.63) is 83.2 Å². The molecule has 0 saturated heterocycles. The molecule has 0 unspecified atom stereocenters. The molecular formula is C24H22N4O. The molecule has 0 atom stereocenters. The molecule has 0 aliphatic heterocycles. The summed E-state index contributed by atoms with van der Waals surface area (Å²) in [7, 11) is 0. The van der Waals surface area contributed by atoms with E-state index in [0.717, 1.165) is 34.5 Å². The van der Waals surface area contributed by atoms with Gasteiger partial charge in [-0.25, -0.2) is 4.98 Å². The van der Waals surface area contributed by atoms with Gasteiger partial charge in [0, 0.05) is 18.4 Å². The number of rotatable bonds is 3. The number of aromatic nitrogens is 4. The van der Waals surface area contributed by atoms with Gasteiger partial charge in [0.25, 0.3) is 5.78 Å². The summed E-state index contributed by atoms with van der Waals surface area (Å²) in [5.41, 5.74) is 4.42. The van der Waals surface area contributed by atoms with Crippen LogP contribution in [0, 0.1) is 5.41 Å². The first-order valence-corrected chi connectivity index (χ1v) is 9.91. The maximum absolute atomic E-state index is 13.1. The molecule has 29 heavy (non-hydrogen) atoms. The Labute approximate surface area is 169 Å². The average Bonchev–Trinajstić information content (AvgIpc) is 3.13. The molecule has 2 heterocycles. The van der Waals surface area contributed by atoms with Gasteiger partial charge in [-0.15, -0.1) is 5.10 Å². The first-order chi connectivity index (χ1) is 14.0. The van der Waals surface area contributed by atoms with Crippen molar-refractivity contribution in [1.82, 2.24) is 19.6 Å². The van der Waals surface area contributed by atoms with Crippen molar-refractivity contribution in [2.24, 2.45) is 5.41 Å². The van der Waals surface area contributed by atoms with E-state index in [9.17, 15) is 4.79 Å². The highest BCUT2D eigenvalue weighted by Crippen LogP contribution is 2.36. The number of hydrogen-bond donors (Lipinski definition) is 0. The second kappa shape index (κ2) is 6.62. The van der Waals surface area contributed by atoms with E-state index >= 15 is 0 Å². The van der Waals surface area contributed by atoms with Crippen molar-refractivity contribution in [3.8, 4) is 11.4 Å². The highest BCUT2D eigenvalue weighted by atomic mass is 16.1. The normalized spacial score (nSPS) is 15.4. The van der Waals surface area contributed by atoms with Gasteiger partial charge in [0.15, 0.2) is 11.6 Å². The summed E-state index contributed by atoms with van der Waals surface area (Å²) in [6, 6.07) is 20.0. The Hall–Kier alpha value is -3.34. The lowest BCUT2D eigenvalue weighted by atomic mass is 9.75. The van der Waals surface area contributed by atoms with Gasteiger partial charge < -0.3 is 0 Å². The highest BCUT2D eigenvalue weighted by Gasteiger charge is 2.35. The summed E-state index contributed by atoms with van der Waals surface area (Å²) >= 11 is 0. The van der Waals surface area contributed by atoms with E-state index in [1.54, 1.807) is 4.52 Å². The second-order valence-corrected chi connectivity index (χ2v) is 8.50.